The molecule has 1 atom stereocenters. The second-order valence-electron chi connectivity index (χ2n) is 4.29. The summed E-state index contributed by atoms with van der Waals surface area (Å²) in [5, 5.41) is 0.298. The number of nitrogens with one attached hydrogen (secondary N) is 1. The zero-order valence-corrected chi connectivity index (χ0v) is 13.0. The quantitative estimate of drug-likeness (QED) is 0.459. The Morgan fingerprint density at radius 2 is 2.15 bits per heavy atom. The highest BCUT2D eigenvalue weighted by Crippen LogP contribution is 2.28. The number of carbonyl (C=O) groups excluding carboxylic acids is 1. The van der Waals surface area contributed by atoms with Crippen LogP contribution in [0, 0.1) is 0 Å². The highest BCUT2D eigenvalue weighted by Gasteiger charge is 2.16. The number of benzene rings is 1. The largest absolute Gasteiger partial charge is 0.465 e. The van der Waals surface area contributed by atoms with E-state index in [0.29, 0.717) is 17.0 Å². The molecule has 20 heavy (non-hydrogen) atoms. The zero-order valence-electron chi connectivity index (χ0n) is 11.4. The fourth-order valence-corrected chi connectivity index (χ4v) is 2.51. The van der Waals surface area contributed by atoms with Crippen LogP contribution in [-0.2, 0) is 22.4 Å². The molecule has 0 aromatic heterocycles. The second-order valence-corrected chi connectivity index (χ2v) is 5.40. The molecule has 1 aromatic carbocycles. The Morgan fingerprint density at radius 3 is 2.70 bits per heavy atom. The van der Waals surface area contributed by atoms with Gasteiger partial charge in [-0.25, -0.2) is 9.00 Å². The van der Waals surface area contributed by atoms with Crippen molar-refractivity contribution in [1.29, 1.82) is 0 Å². The molecule has 0 aliphatic rings. The number of hydrogen-bond acceptors (Lipinski definition) is 3. The van der Waals surface area contributed by atoms with E-state index in [4.69, 9.17) is 20.9 Å². The van der Waals surface area contributed by atoms with Gasteiger partial charge in [0.25, 0.3) is 11.3 Å². The molecule has 0 aliphatic carbocycles. The summed E-state index contributed by atoms with van der Waals surface area (Å²) < 4.78 is 26.6. The van der Waals surface area contributed by atoms with E-state index >= 15 is 0 Å². The Balaban J connectivity index is 3.11. The van der Waals surface area contributed by atoms with Gasteiger partial charge in [-0.15, -0.1) is 0 Å². The Hall–Kier alpha value is -1.11. The number of hydrogen-bond donors (Lipinski definition) is 2. The first-order valence-electron chi connectivity index (χ1n) is 6.27. The summed E-state index contributed by atoms with van der Waals surface area (Å²) in [5.74, 6) is -0.486. The fraction of sp³-hybridized carbons (Fsp3) is 0.462. The molecular weight excluding hydrogens is 302 g/mol. The van der Waals surface area contributed by atoms with Gasteiger partial charge in [-0.05, 0) is 30.5 Å². The van der Waals surface area contributed by atoms with Gasteiger partial charge in [-0.3, -0.25) is 9.27 Å². The maximum atomic E-state index is 11.8. The van der Waals surface area contributed by atoms with Crippen LogP contribution in [0.25, 0.3) is 0 Å². The zero-order chi connectivity index (χ0) is 15.1. The van der Waals surface area contributed by atoms with E-state index in [9.17, 15) is 9.00 Å². The van der Waals surface area contributed by atoms with E-state index in [1.807, 2.05) is 0 Å². The normalized spacial score (nSPS) is 12.0. The summed E-state index contributed by atoms with van der Waals surface area (Å²) >= 11 is 3.80. The summed E-state index contributed by atoms with van der Waals surface area (Å²) in [6.45, 7) is 2.10. The van der Waals surface area contributed by atoms with E-state index in [1.54, 1.807) is 6.07 Å². The Kier molecular flexibility index (Phi) is 6.98. The van der Waals surface area contributed by atoms with Crippen LogP contribution < -0.4 is 4.72 Å². The summed E-state index contributed by atoms with van der Waals surface area (Å²) in [6.07, 6.45) is 3.78. The van der Waals surface area contributed by atoms with Crippen LogP contribution in [-0.4, -0.2) is 21.8 Å². The third-order valence-electron chi connectivity index (χ3n) is 2.85. The summed E-state index contributed by atoms with van der Waals surface area (Å²) in [7, 11) is 1.30. The highest BCUT2D eigenvalue weighted by atomic mass is 35.5. The van der Waals surface area contributed by atoms with Crippen molar-refractivity contribution >= 4 is 34.5 Å². The second kappa shape index (κ2) is 8.24. The molecule has 1 rings (SSSR count). The lowest BCUT2D eigenvalue weighted by Gasteiger charge is -2.12. The minimum atomic E-state index is -2.25. The Labute approximate surface area is 126 Å². The van der Waals surface area contributed by atoms with Crippen molar-refractivity contribution in [2.24, 2.45) is 0 Å². The number of carbonyl (C=O) groups is 1. The maximum Gasteiger partial charge on any atom is 0.338 e. The average Bonchev–Trinajstić information content (AvgIpc) is 2.40. The highest BCUT2D eigenvalue weighted by molar-refractivity contribution is 7.80. The number of unbranched alkanes of at least 4 members (excludes halogenated alkanes) is 2. The molecule has 112 valence electrons. The van der Waals surface area contributed by atoms with E-state index in [2.05, 4.69) is 11.6 Å². The molecule has 0 bridgehead atoms. The number of ether oxygens (including phenoxy) is 1. The van der Waals surface area contributed by atoms with Gasteiger partial charge in [0.1, 0.15) is 0 Å². The van der Waals surface area contributed by atoms with Gasteiger partial charge >= 0.3 is 5.97 Å². The van der Waals surface area contributed by atoms with Crippen molar-refractivity contribution in [2.45, 2.75) is 32.6 Å². The summed E-state index contributed by atoms with van der Waals surface area (Å²) in [6, 6.07) is 3.09. The molecule has 0 heterocycles. The fourth-order valence-electron chi connectivity index (χ4n) is 1.86. The third-order valence-corrected chi connectivity index (χ3v) is 3.55. The first-order valence-corrected chi connectivity index (χ1v) is 7.76. The standard InChI is InChI=1S/C13H18ClNO4S/c1-3-4-5-6-9-7-11(14)12(15-20(17)18)8-10(9)13(16)19-2/h7-8,15H,3-6H2,1-2H3,(H,17,18). The van der Waals surface area contributed by atoms with Crippen LogP contribution in [0.4, 0.5) is 5.69 Å². The average molecular weight is 320 g/mol. The van der Waals surface area contributed by atoms with E-state index in [1.165, 1.54) is 13.2 Å². The molecule has 0 fully saturated rings. The Morgan fingerprint density at radius 1 is 1.45 bits per heavy atom. The number of halogens is 1. The maximum absolute atomic E-state index is 11.8. The smallest absolute Gasteiger partial charge is 0.338 e. The Bertz CT molecular complexity index is 507. The molecule has 0 radical (unpaired) electrons. The van der Waals surface area contributed by atoms with Gasteiger partial charge in [-0.1, -0.05) is 31.4 Å². The van der Waals surface area contributed by atoms with Gasteiger partial charge in [-0.2, -0.15) is 0 Å². The van der Waals surface area contributed by atoms with Crippen LogP contribution in [0.1, 0.15) is 42.1 Å². The van der Waals surface area contributed by atoms with E-state index in [-0.39, 0.29) is 5.69 Å². The lowest BCUT2D eigenvalue weighted by atomic mass is 10.0. The number of rotatable bonds is 7. The van der Waals surface area contributed by atoms with E-state index in [0.717, 1.165) is 24.8 Å². The van der Waals surface area contributed by atoms with Crippen molar-refractivity contribution in [2.75, 3.05) is 11.8 Å². The van der Waals surface area contributed by atoms with Crippen molar-refractivity contribution in [3.05, 3.63) is 28.3 Å². The number of aryl methyl sites for hydroxylation is 1. The molecule has 1 aromatic rings. The van der Waals surface area contributed by atoms with Gasteiger partial charge in [0.05, 0.1) is 23.4 Å². The van der Waals surface area contributed by atoms with Crippen LogP contribution >= 0.6 is 11.6 Å². The molecule has 0 aliphatic heterocycles. The molecular formula is C13H18ClNO4S. The minimum absolute atomic E-state index is 0.229. The topological polar surface area (TPSA) is 75.6 Å². The predicted octanol–water partition coefficient (Wildman–Crippen LogP) is 3.41. The molecule has 0 saturated carbocycles. The molecule has 7 heteroatoms. The number of anilines is 1. The van der Waals surface area contributed by atoms with Crippen LogP contribution in [0.3, 0.4) is 0 Å². The van der Waals surface area contributed by atoms with Gasteiger partial charge in [0.2, 0.25) is 0 Å². The molecule has 1 unspecified atom stereocenters. The van der Waals surface area contributed by atoms with Crippen molar-refractivity contribution in [3.8, 4) is 0 Å². The first kappa shape index (κ1) is 16.9. The lowest BCUT2D eigenvalue weighted by Crippen LogP contribution is -2.09. The predicted molar refractivity (Wildman–Crippen MR) is 80.4 cm³/mol. The lowest BCUT2D eigenvalue weighted by molar-refractivity contribution is 0.0599. The van der Waals surface area contributed by atoms with Crippen LogP contribution in [0.5, 0.6) is 0 Å². The molecule has 0 spiro atoms. The van der Waals surface area contributed by atoms with Gasteiger partial charge < -0.3 is 4.74 Å². The van der Waals surface area contributed by atoms with Crippen LogP contribution in [0.15, 0.2) is 12.1 Å². The third kappa shape index (κ3) is 4.77. The minimum Gasteiger partial charge on any atom is -0.465 e. The molecule has 0 saturated heterocycles. The van der Waals surface area contributed by atoms with Crippen molar-refractivity contribution < 1.29 is 18.3 Å². The molecule has 5 nitrogen and oxygen atoms in total. The molecule has 0 amide bonds. The summed E-state index contributed by atoms with van der Waals surface area (Å²) in [4.78, 5) is 11.8. The van der Waals surface area contributed by atoms with Crippen molar-refractivity contribution in [3.63, 3.8) is 0 Å². The first-order chi connectivity index (χ1) is 9.49. The SMILES string of the molecule is CCCCCc1cc(Cl)c(NS(=O)O)cc1C(=O)OC. The van der Waals surface area contributed by atoms with E-state index < -0.39 is 17.2 Å². The van der Waals surface area contributed by atoms with Crippen molar-refractivity contribution in [1.82, 2.24) is 0 Å². The number of esters is 1. The van der Waals surface area contributed by atoms with Gasteiger partial charge in [0.15, 0.2) is 0 Å². The van der Waals surface area contributed by atoms with Gasteiger partial charge in [0, 0.05) is 0 Å². The monoisotopic (exact) mass is 319 g/mol. The van der Waals surface area contributed by atoms with Crippen LogP contribution in [0.2, 0.25) is 5.02 Å². The summed E-state index contributed by atoms with van der Waals surface area (Å²) in [5.41, 5.74) is 1.37. The molecule has 2 N–H and O–H groups in total. The number of methoxy groups -OCH3 is 1.